The smallest absolute Gasteiger partial charge is 0.143 e. The molecule has 0 bridgehead atoms. The van der Waals surface area contributed by atoms with Gasteiger partial charge in [-0.05, 0) is 89.5 Å². The van der Waals surface area contributed by atoms with E-state index in [0.717, 1.165) is 83.5 Å². The summed E-state index contributed by atoms with van der Waals surface area (Å²) in [5.41, 5.74) is 11.5. The normalized spacial score (nSPS) is 11.4. The second kappa shape index (κ2) is 11.2. The Labute approximate surface area is 272 Å². The van der Waals surface area contributed by atoms with Crippen LogP contribution in [0.1, 0.15) is 0 Å². The van der Waals surface area contributed by atoms with Crippen LogP contribution in [-0.2, 0) is 0 Å². The third-order valence-corrected chi connectivity index (χ3v) is 8.90. The maximum absolute atomic E-state index is 6.49. The van der Waals surface area contributed by atoms with E-state index in [-0.39, 0.29) is 0 Å². The van der Waals surface area contributed by atoms with Gasteiger partial charge in [-0.1, -0.05) is 103 Å². The maximum atomic E-state index is 6.49. The fourth-order valence-corrected chi connectivity index (χ4v) is 6.63. The molecule has 0 aliphatic heterocycles. The third kappa shape index (κ3) is 4.77. The largest absolute Gasteiger partial charge is 0.456 e. The summed E-state index contributed by atoms with van der Waals surface area (Å²) in [5, 5.41) is 3.40. The van der Waals surface area contributed by atoms with Crippen molar-refractivity contribution >= 4 is 50.0 Å². The summed E-state index contributed by atoms with van der Waals surface area (Å²) in [5.74, 6) is 0.876. The highest BCUT2D eigenvalue weighted by Crippen LogP contribution is 2.42. The minimum absolute atomic E-state index is 0.876. The minimum Gasteiger partial charge on any atom is -0.456 e. The number of fused-ring (bicyclic) bond motifs is 4. The first-order valence-corrected chi connectivity index (χ1v) is 15.8. The van der Waals surface area contributed by atoms with Crippen LogP contribution in [0.2, 0.25) is 0 Å². The lowest BCUT2D eigenvalue weighted by Crippen LogP contribution is -2.09. The van der Waals surface area contributed by atoms with Gasteiger partial charge < -0.3 is 13.7 Å². The number of para-hydroxylation sites is 3. The first-order chi connectivity index (χ1) is 23.3. The molecule has 3 heteroatoms. The Kier molecular flexibility index (Phi) is 6.46. The predicted octanol–water partition coefficient (Wildman–Crippen LogP) is 12.8. The molecule has 0 amide bonds. The molecule has 2 aromatic heterocycles. The van der Waals surface area contributed by atoms with E-state index < -0.39 is 0 Å². The number of furan rings is 2. The van der Waals surface area contributed by atoms with Gasteiger partial charge in [0.25, 0.3) is 0 Å². The quantitative estimate of drug-likeness (QED) is 0.189. The maximum Gasteiger partial charge on any atom is 0.143 e. The van der Waals surface area contributed by atoms with Crippen LogP contribution in [0.3, 0.4) is 0 Å². The van der Waals surface area contributed by atoms with Gasteiger partial charge in [0.15, 0.2) is 0 Å². The van der Waals surface area contributed by atoms with Crippen LogP contribution in [0.5, 0.6) is 0 Å². The Balaban J connectivity index is 1.09. The van der Waals surface area contributed by atoms with Gasteiger partial charge in [-0.2, -0.15) is 0 Å². The number of nitrogens with zero attached hydrogens (tertiary/aromatic N) is 1. The predicted molar refractivity (Wildman–Crippen MR) is 194 cm³/mol. The molecular weight excluding hydrogens is 574 g/mol. The average Bonchev–Trinajstić information content (AvgIpc) is 3.72. The molecule has 0 saturated heterocycles. The van der Waals surface area contributed by atoms with E-state index in [0.29, 0.717) is 0 Å². The molecule has 0 unspecified atom stereocenters. The third-order valence-electron chi connectivity index (χ3n) is 8.90. The highest BCUT2D eigenvalue weighted by molar-refractivity contribution is 6.06. The number of hydrogen-bond acceptors (Lipinski definition) is 3. The van der Waals surface area contributed by atoms with Gasteiger partial charge in [0.05, 0.1) is 0 Å². The van der Waals surface area contributed by atoms with Crippen molar-refractivity contribution in [3.63, 3.8) is 0 Å². The van der Waals surface area contributed by atoms with Crippen LogP contribution in [0.4, 0.5) is 17.1 Å². The summed E-state index contributed by atoms with van der Waals surface area (Å²) in [4.78, 5) is 2.28. The summed E-state index contributed by atoms with van der Waals surface area (Å²) in [7, 11) is 0. The fraction of sp³-hybridized carbons (Fsp3) is 0. The van der Waals surface area contributed by atoms with Gasteiger partial charge >= 0.3 is 0 Å². The van der Waals surface area contributed by atoms with Crippen LogP contribution in [-0.4, -0.2) is 0 Å². The van der Waals surface area contributed by atoms with Gasteiger partial charge in [-0.15, -0.1) is 0 Å². The van der Waals surface area contributed by atoms with Crippen molar-refractivity contribution in [3.8, 4) is 33.6 Å². The van der Waals surface area contributed by atoms with Crippen molar-refractivity contribution in [2.75, 3.05) is 4.90 Å². The zero-order valence-electron chi connectivity index (χ0n) is 25.5. The van der Waals surface area contributed by atoms with Crippen LogP contribution in [0, 0.1) is 0 Å². The number of anilines is 3. The van der Waals surface area contributed by atoms with Crippen molar-refractivity contribution in [1.82, 2.24) is 0 Å². The molecule has 0 N–H and O–H groups in total. The van der Waals surface area contributed by atoms with Crippen molar-refractivity contribution in [2.24, 2.45) is 0 Å². The zero-order chi connectivity index (χ0) is 31.2. The van der Waals surface area contributed by atoms with Crippen LogP contribution >= 0.6 is 0 Å². The second-order valence-corrected chi connectivity index (χ2v) is 11.7. The van der Waals surface area contributed by atoms with Gasteiger partial charge in [0.2, 0.25) is 0 Å². The molecule has 0 atom stereocenters. The Morgan fingerprint density at radius 1 is 0.319 bits per heavy atom. The van der Waals surface area contributed by atoms with E-state index in [4.69, 9.17) is 8.83 Å². The zero-order valence-corrected chi connectivity index (χ0v) is 25.5. The molecule has 222 valence electrons. The van der Waals surface area contributed by atoms with Crippen molar-refractivity contribution in [2.45, 2.75) is 0 Å². The van der Waals surface area contributed by atoms with Gasteiger partial charge in [-0.25, -0.2) is 0 Å². The number of rotatable bonds is 6. The molecule has 0 fully saturated rings. The average molecular weight is 604 g/mol. The van der Waals surface area contributed by atoms with Crippen molar-refractivity contribution in [1.29, 1.82) is 0 Å². The highest BCUT2D eigenvalue weighted by atomic mass is 16.3. The SMILES string of the molecule is c1ccc(-c2c(-c3ccc(N(c4ccccc4)c4ccc(-c5ccc6c(c5)oc5ccccc56)cc4)cc3)oc3ccccc23)cc1. The van der Waals surface area contributed by atoms with E-state index in [1.807, 2.05) is 30.3 Å². The molecule has 47 heavy (non-hydrogen) atoms. The Bertz CT molecular complexity index is 2490. The molecule has 9 rings (SSSR count). The van der Waals surface area contributed by atoms with E-state index in [1.54, 1.807) is 0 Å². The fourth-order valence-electron chi connectivity index (χ4n) is 6.63. The number of hydrogen-bond donors (Lipinski definition) is 0. The van der Waals surface area contributed by atoms with E-state index in [1.165, 1.54) is 0 Å². The first kappa shape index (κ1) is 27.0. The summed E-state index contributed by atoms with van der Waals surface area (Å²) < 4.78 is 12.7. The number of benzene rings is 7. The lowest BCUT2D eigenvalue weighted by atomic mass is 9.98. The minimum atomic E-state index is 0.876. The highest BCUT2D eigenvalue weighted by Gasteiger charge is 2.19. The molecule has 0 spiro atoms. The molecule has 9 aromatic rings. The summed E-state index contributed by atoms with van der Waals surface area (Å²) in [6, 6.07) is 61.3. The molecule has 3 nitrogen and oxygen atoms in total. The lowest BCUT2D eigenvalue weighted by molar-refractivity contribution is 0.632. The second-order valence-electron chi connectivity index (χ2n) is 11.7. The van der Waals surface area contributed by atoms with E-state index in [9.17, 15) is 0 Å². The van der Waals surface area contributed by atoms with Gasteiger partial charge in [-0.3, -0.25) is 0 Å². The summed E-state index contributed by atoms with van der Waals surface area (Å²) in [6.07, 6.45) is 0. The van der Waals surface area contributed by atoms with Gasteiger partial charge in [0, 0.05) is 44.3 Å². The molecule has 2 heterocycles. The topological polar surface area (TPSA) is 29.5 Å². The molecule has 0 radical (unpaired) electrons. The van der Waals surface area contributed by atoms with Crippen LogP contribution in [0.15, 0.2) is 185 Å². The standard InChI is InChI=1S/C44H29NO2/c1-3-11-31(12-4-1)43-39-16-8-10-18-41(39)47-44(43)32-21-26-36(27-22-32)45(34-13-5-2-6-14-34)35-24-19-30(20-25-35)33-23-28-38-37-15-7-9-17-40(37)46-42(38)29-33/h1-29H. The molecule has 0 aliphatic rings. The Morgan fingerprint density at radius 3 is 1.53 bits per heavy atom. The lowest BCUT2D eigenvalue weighted by Gasteiger charge is -2.26. The van der Waals surface area contributed by atoms with Crippen LogP contribution in [0.25, 0.3) is 66.5 Å². The molecule has 0 aliphatic carbocycles. The summed E-state index contributed by atoms with van der Waals surface area (Å²) >= 11 is 0. The van der Waals surface area contributed by atoms with E-state index >= 15 is 0 Å². The Morgan fingerprint density at radius 2 is 0.830 bits per heavy atom. The van der Waals surface area contributed by atoms with Gasteiger partial charge in [0.1, 0.15) is 22.5 Å². The van der Waals surface area contributed by atoms with Crippen LogP contribution < -0.4 is 4.90 Å². The monoisotopic (exact) mass is 603 g/mol. The van der Waals surface area contributed by atoms with E-state index in [2.05, 4.69) is 150 Å². The van der Waals surface area contributed by atoms with Crippen molar-refractivity contribution in [3.05, 3.63) is 176 Å². The Hall–Kier alpha value is -6.32. The molecular formula is C44H29NO2. The first-order valence-electron chi connectivity index (χ1n) is 15.8. The molecule has 7 aromatic carbocycles. The summed E-state index contributed by atoms with van der Waals surface area (Å²) in [6.45, 7) is 0. The molecule has 0 saturated carbocycles. The van der Waals surface area contributed by atoms with Crippen molar-refractivity contribution < 1.29 is 8.83 Å².